The van der Waals surface area contributed by atoms with Crippen molar-refractivity contribution in [1.82, 2.24) is 29.5 Å². The Kier molecular flexibility index (Phi) is 11.1. The van der Waals surface area contributed by atoms with Crippen molar-refractivity contribution >= 4 is 20.9 Å². The number of hydrogen-bond donors (Lipinski definition) is 1. The van der Waals surface area contributed by atoms with Crippen LogP contribution < -0.4 is 14.2 Å². The molecule has 12 nitrogen and oxygen atoms in total. The van der Waals surface area contributed by atoms with Crippen LogP contribution in [0.1, 0.15) is 22.3 Å². The van der Waals surface area contributed by atoms with E-state index in [0.29, 0.717) is 22.6 Å². The molecule has 0 saturated heterocycles. The topological polar surface area (TPSA) is 142 Å². The van der Waals surface area contributed by atoms with E-state index < -0.39 is 10.0 Å². The molecule has 0 aliphatic carbocycles. The molecule has 0 aliphatic rings. The molecule has 2 heterocycles. The number of pyridine rings is 1. The van der Waals surface area contributed by atoms with Gasteiger partial charge < -0.3 is 19.3 Å². The van der Waals surface area contributed by atoms with Gasteiger partial charge in [-0.2, -0.15) is 9.10 Å². The molecule has 0 amide bonds. The number of aromatic nitrogens is 5. The number of benzene rings is 5. The quantitative estimate of drug-likeness (QED) is 0.122. The normalized spacial score (nSPS) is 11.6. The summed E-state index contributed by atoms with van der Waals surface area (Å²) in [6, 6.07) is 35.2. The van der Waals surface area contributed by atoms with Crippen molar-refractivity contribution in [1.29, 1.82) is 0 Å². The first-order valence-corrected chi connectivity index (χ1v) is 19.0. The van der Waals surface area contributed by atoms with Gasteiger partial charge in [0.25, 0.3) is 0 Å². The summed E-state index contributed by atoms with van der Waals surface area (Å²) in [5.74, 6) is 2.15. The predicted molar refractivity (Wildman–Crippen MR) is 209 cm³/mol. The molecule has 7 aromatic rings. The second-order valence-corrected chi connectivity index (χ2v) is 14.7. The van der Waals surface area contributed by atoms with Crippen LogP contribution in [0.2, 0.25) is 0 Å². The molecular weight excluding hydrogens is 717 g/mol. The molecule has 7 rings (SSSR count). The zero-order valence-corrected chi connectivity index (χ0v) is 31.5. The SMILES string of the molecule is COc1ccc(CN(Cc2ccc(OC)cc2)S(=O)(=O)c2c(CCO)ccc(-c3cccc4ncccc34)c2-c2nnn(Cc3ccc(OC)cc3)n2)cc1. The molecule has 13 heteroatoms. The van der Waals surface area contributed by atoms with Crippen LogP contribution in [0, 0.1) is 0 Å². The Labute approximate surface area is 319 Å². The van der Waals surface area contributed by atoms with Crippen LogP contribution >= 0.6 is 0 Å². The summed E-state index contributed by atoms with van der Waals surface area (Å²) >= 11 is 0. The van der Waals surface area contributed by atoms with Crippen molar-refractivity contribution in [3.8, 4) is 39.8 Å². The molecule has 0 bridgehead atoms. The number of nitrogens with zero attached hydrogens (tertiary/aromatic N) is 6. The van der Waals surface area contributed by atoms with Gasteiger partial charge in [0.1, 0.15) is 17.2 Å². The molecule has 0 spiro atoms. The van der Waals surface area contributed by atoms with Crippen LogP contribution in [0.4, 0.5) is 0 Å². The first-order valence-electron chi connectivity index (χ1n) is 17.6. The van der Waals surface area contributed by atoms with Gasteiger partial charge in [-0.3, -0.25) is 4.98 Å². The number of methoxy groups -OCH3 is 3. The van der Waals surface area contributed by atoms with Crippen molar-refractivity contribution in [2.45, 2.75) is 31.0 Å². The highest BCUT2D eigenvalue weighted by molar-refractivity contribution is 7.89. The molecule has 0 saturated carbocycles. The molecule has 0 fully saturated rings. The highest BCUT2D eigenvalue weighted by Gasteiger charge is 2.34. The Bertz CT molecular complexity index is 2450. The van der Waals surface area contributed by atoms with Crippen molar-refractivity contribution in [3.05, 3.63) is 144 Å². The van der Waals surface area contributed by atoms with Gasteiger partial charge in [0.2, 0.25) is 15.8 Å². The van der Waals surface area contributed by atoms with E-state index in [4.69, 9.17) is 19.3 Å². The molecule has 0 unspecified atom stereocenters. The molecule has 0 aliphatic heterocycles. The Morgan fingerprint density at radius 2 is 1.29 bits per heavy atom. The van der Waals surface area contributed by atoms with E-state index in [1.807, 2.05) is 84.9 Å². The Morgan fingerprint density at radius 3 is 1.87 bits per heavy atom. The maximum absolute atomic E-state index is 15.6. The molecule has 2 aromatic heterocycles. The van der Waals surface area contributed by atoms with Gasteiger partial charge in [-0.15, -0.1) is 10.2 Å². The fourth-order valence-corrected chi connectivity index (χ4v) is 8.41. The highest BCUT2D eigenvalue weighted by Crippen LogP contribution is 2.42. The van der Waals surface area contributed by atoms with Gasteiger partial charge in [-0.05, 0) is 93.5 Å². The number of aliphatic hydroxyl groups excluding tert-OH is 1. The van der Waals surface area contributed by atoms with E-state index in [9.17, 15) is 5.11 Å². The first-order chi connectivity index (χ1) is 26.8. The minimum Gasteiger partial charge on any atom is -0.497 e. The standard InChI is InChI=1S/C42H40N6O6S/c1-52-33-16-9-29(10-17-33)26-47(27-30-11-18-34(53-2)19-12-30)55(50,51)41-32(23-25-49)15-22-38(36-6-4-8-39-37(36)7-5-24-43-39)40(41)42-44-46-48(45-42)28-31-13-20-35(54-3)21-14-31/h4-22,24,49H,23,25-28H2,1-3H3. The van der Waals surface area contributed by atoms with Crippen molar-refractivity contribution < 1.29 is 27.7 Å². The Balaban J connectivity index is 1.44. The summed E-state index contributed by atoms with van der Waals surface area (Å²) in [6.45, 7) is 0.0742. The highest BCUT2D eigenvalue weighted by atomic mass is 32.2. The lowest BCUT2D eigenvalue weighted by atomic mass is 9.93. The van der Waals surface area contributed by atoms with Gasteiger partial charge in [0.15, 0.2) is 0 Å². The third-order valence-corrected chi connectivity index (χ3v) is 11.3. The van der Waals surface area contributed by atoms with Crippen LogP contribution in [0.15, 0.2) is 126 Å². The van der Waals surface area contributed by atoms with Crippen LogP contribution in [0.3, 0.4) is 0 Å². The van der Waals surface area contributed by atoms with E-state index >= 15 is 8.42 Å². The van der Waals surface area contributed by atoms with Crippen molar-refractivity contribution in [3.63, 3.8) is 0 Å². The van der Waals surface area contributed by atoms with E-state index in [-0.39, 0.29) is 48.9 Å². The van der Waals surface area contributed by atoms with Crippen molar-refractivity contribution in [2.24, 2.45) is 0 Å². The molecule has 0 radical (unpaired) electrons. The van der Waals surface area contributed by atoms with Gasteiger partial charge in [-0.25, -0.2) is 8.42 Å². The summed E-state index contributed by atoms with van der Waals surface area (Å²) in [5.41, 5.74) is 5.17. The average Bonchev–Trinajstić information content (AvgIpc) is 3.69. The van der Waals surface area contributed by atoms with Crippen LogP contribution in [-0.4, -0.2) is 71.0 Å². The van der Waals surface area contributed by atoms with Crippen molar-refractivity contribution in [2.75, 3.05) is 27.9 Å². The first kappa shape index (κ1) is 37.2. The maximum Gasteiger partial charge on any atom is 0.244 e. The fraction of sp³-hybridized carbons (Fsp3) is 0.190. The Hall–Kier alpha value is -6.15. The number of sulfonamides is 1. The lowest BCUT2D eigenvalue weighted by Gasteiger charge is -2.26. The summed E-state index contributed by atoms with van der Waals surface area (Å²) in [6.07, 6.45) is 1.79. The predicted octanol–water partition coefficient (Wildman–Crippen LogP) is 6.56. The minimum atomic E-state index is -4.39. The smallest absolute Gasteiger partial charge is 0.244 e. The summed E-state index contributed by atoms with van der Waals surface area (Å²) < 4.78 is 48.6. The van der Waals surface area contributed by atoms with Gasteiger partial charge >= 0.3 is 0 Å². The zero-order valence-electron chi connectivity index (χ0n) is 30.7. The number of ether oxygens (including phenoxy) is 3. The van der Waals surface area contributed by atoms with E-state index in [0.717, 1.165) is 38.9 Å². The monoisotopic (exact) mass is 756 g/mol. The maximum atomic E-state index is 15.6. The number of fused-ring (bicyclic) bond motifs is 1. The number of hydrogen-bond acceptors (Lipinski definition) is 10. The second kappa shape index (κ2) is 16.5. The van der Waals surface area contributed by atoms with E-state index in [1.165, 1.54) is 9.10 Å². The molecule has 55 heavy (non-hydrogen) atoms. The van der Waals surface area contributed by atoms with Crippen LogP contribution in [0.25, 0.3) is 33.4 Å². The number of rotatable bonds is 15. The molecule has 0 atom stereocenters. The average molecular weight is 757 g/mol. The lowest BCUT2D eigenvalue weighted by molar-refractivity contribution is 0.298. The fourth-order valence-electron chi connectivity index (χ4n) is 6.55. The molecule has 280 valence electrons. The third kappa shape index (κ3) is 8.04. The van der Waals surface area contributed by atoms with Crippen LogP contribution in [-0.2, 0) is 36.1 Å². The number of tetrazole rings is 1. The molecular formula is C42H40N6O6S. The zero-order chi connectivity index (χ0) is 38.4. The summed E-state index contributed by atoms with van der Waals surface area (Å²) in [4.78, 5) is 5.99. The largest absolute Gasteiger partial charge is 0.497 e. The molecule has 5 aromatic carbocycles. The molecule has 1 N–H and O–H groups in total. The minimum absolute atomic E-state index is 0.00837. The third-order valence-electron chi connectivity index (χ3n) is 9.35. The number of aliphatic hydroxyl groups is 1. The van der Waals surface area contributed by atoms with Gasteiger partial charge in [-0.1, -0.05) is 66.7 Å². The van der Waals surface area contributed by atoms with Crippen LogP contribution in [0.5, 0.6) is 17.2 Å². The summed E-state index contributed by atoms with van der Waals surface area (Å²) in [5, 5.41) is 24.8. The van der Waals surface area contributed by atoms with Gasteiger partial charge in [0.05, 0.1) is 43.8 Å². The van der Waals surface area contributed by atoms with Gasteiger partial charge in [0, 0.05) is 31.3 Å². The Morgan fingerprint density at radius 1 is 0.691 bits per heavy atom. The van der Waals surface area contributed by atoms with E-state index in [2.05, 4.69) is 15.3 Å². The second-order valence-electron chi connectivity index (χ2n) is 12.8. The van der Waals surface area contributed by atoms with E-state index in [1.54, 1.807) is 57.9 Å². The summed E-state index contributed by atoms with van der Waals surface area (Å²) in [7, 11) is 0.385. The lowest BCUT2D eigenvalue weighted by Crippen LogP contribution is -2.32.